The van der Waals surface area contributed by atoms with E-state index in [9.17, 15) is 4.79 Å². The lowest BCUT2D eigenvalue weighted by Gasteiger charge is -2.23. The molecule has 0 saturated carbocycles. The first kappa shape index (κ1) is 20.2. The van der Waals surface area contributed by atoms with Crippen LogP contribution in [0.3, 0.4) is 0 Å². The number of rotatable bonds is 10. The summed E-state index contributed by atoms with van der Waals surface area (Å²) >= 11 is 0. The van der Waals surface area contributed by atoms with E-state index >= 15 is 0 Å². The Morgan fingerprint density at radius 1 is 1.30 bits per heavy atom. The van der Waals surface area contributed by atoms with E-state index in [-0.39, 0.29) is 29.9 Å². The minimum atomic E-state index is -0.276. The van der Waals surface area contributed by atoms with Gasteiger partial charge in [0.2, 0.25) is 0 Å². The minimum Gasteiger partial charge on any atom is -0.460 e. The van der Waals surface area contributed by atoms with Crippen LogP contribution in [0.25, 0.3) is 0 Å². The Morgan fingerprint density at radius 3 is 2.52 bits per heavy atom. The summed E-state index contributed by atoms with van der Waals surface area (Å²) in [4.78, 5) is 11.6. The van der Waals surface area contributed by atoms with Gasteiger partial charge in [-0.2, -0.15) is 0 Å². The zero-order valence-electron chi connectivity index (χ0n) is 15.8. The van der Waals surface area contributed by atoms with E-state index in [1.165, 1.54) is 6.42 Å². The molecule has 0 amide bonds. The third-order valence-corrected chi connectivity index (χ3v) is 4.39. The zero-order valence-corrected chi connectivity index (χ0v) is 15.8. The third kappa shape index (κ3) is 7.98. The highest BCUT2D eigenvalue weighted by molar-refractivity contribution is 5.83. The molecule has 1 rings (SSSR count). The molecule has 4 nitrogen and oxygen atoms in total. The van der Waals surface area contributed by atoms with Gasteiger partial charge < -0.3 is 14.2 Å². The molecule has 0 N–H and O–H groups in total. The summed E-state index contributed by atoms with van der Waals surface area (Å²) in [5.74, 6) is 0.342. The summed E-state index contributed by atoms with van der Waals surface area (Å²) in [7, 11) is 1.77. The van der Waals surface area contributed by atoms with E-state index in [1.807, 2.05) is 20.8 Å². The fourth-order valence-electron chi connectivity index (χ4n) is 2.75. The second-order valence-corrected chi connectivity index (χ2v) is 7.67. The molecule has 4 heteroatoms. The molecule has 0 aliphatic carbocycles. The molecule has 23 heavy (non-hydrogen) atoms. The quantitative estimate of drug-likeness (QED) is 0.342. The third-order valence-electron chi connectivity index (χ3n) is 4.39. The number of ether oxygens (including phenoxy) is 3. The molecule has 1 heterocycles. The summed E-state index contributed by atoms with van der Waals surface area (Å²) in [6.07, 6.45) is 6.28. The maximum atomic E-state index is 11.6. The SMILES string of the molecule is COC(C)(C)CCCC(C)C[C@@H]1O[C@H]1/C(C)=C/C(=O)OC(C)C. The van der Waals surface area contributed by atoms with Gasteiger partial charge >= 0.3 is 5.97 Å². The Morgan fingerprint density at radius 2 is 1.96 bits per heavy atom. The van der Waals surface area contributed by atoms with Crippen molar-refractivity contribution in [2.75, 3.05) is 7.11 Å². The number of hydrogen-bond acceptors (Lipinski definition) is 4. The predicted molar refractivity (Wildman–Crippen MR) is 92.4 cm³/mol. The van der Waals surface area contributed by atoms with Gasteiger partial charge in [-0.25, -0.2) is 4.79 Å². The second-order valence-electron chi connectivity index (χ2n) is 7.67. The lowest BCUT2D eigenvalue weighted by molar-refractivity contribution is -0.141. The fourth-order valence-corrected chi connectivity index (χ4v) is 2.75. The van der Waals surface area contributed by atoms with Gasteiger partial charge in [0.05, 0.1) is 17.8 Å². The van der Waals surface area contributed by atoms with Crippen molar-refractivity contribution in [1.82, 2.24) is 0 Å². The van der Waals surface area contributed by atoms with Gasteiger partial charge in [-0.3, -0.25) is 0 Å². The molecule has 134 valence electrons. The second kappa shape index (κ2) is 8.84. The van der Waals surface area contributed by atoms with Crippen molar-refractivity contribution >= 4 is 5.97 Å². The Balaban J connectivity index is 2.27. The molecular formula is C19H34O4. The van der Waals surface area contributed by atoms with Crippen LogP contribution in [0.4, 0.5) is 0 Å². The van der Waals surface area contributed by atoms with Crippen LogP contribution in [-0.2, 0) is 19.0 Å². The lowest BCUT2D eigenvalue weighted by Crippen LogP contribution is -2.22. The van der Waals surface area contributed by atoms with Gasteiger partial charge in [-0.15, -0.1) is 0 Å². The fraction of sp³-hybridized carbons (Fsp3) is 0.842. The maximum Gasteiger partial charge on any atom is 0.331 e. The highest BCUT2D eigenvalue weighted by Crippen LogP contribution is 2.35. The molecule has 0 aromatic carbocycles. The number of epoxide rings is 1. The standard InChI is InChI=1S/C19H34O4/c1-13(2)22-17(20)12-15(4)18-16(23-18)11-14(3)9-8-10-19(5,6)21-7/h12-14,16,18H,8-11H2,1-7H3/b15-12+/t14?,16-,18-/m0/s1. The molecular weight excluding hydrogens is 292 g/mol. The highest BCUT2D eigenvalue weighted by Gasteiger charge is 2.40. The van der Waals surface area contributed by atoms with Gasteiger partial charge in [0.25, 0.3) is 0 Å². The molecule has 1 aliphatic heterocycles. The number of carbonyl (C=O) groups excluding carboxylic acids is 1. The van der Waals surface area contributed by atoms with Crippen molar-refractivity contribution in [3.8, 4) is 0 Å². The maximum absolute atomic E-state index is 11.6. The predicted octanol–water partition coefficient (Wildman–Crippen LogP) is 4.27. The van der Waals surface area contributed by atoms with Crippen LogP contribution in [0.2, 0.25) is 0 Å². The van der Waals surface area contributed by atoms with E-state index in [1.54, 1.807) is 13.2 Å². The van der Waals surface area contributed by atoms with Gasteiger partial charge in [-0.1, -0.05) is 19.8 Å². The van der Waals surface area contributed by atoms with Crippen molar-refractivity contribution in [2.24, 2.45) is 5.92 Å². The van der Waals surface area contributed by atoms with Crippen LogP contribution >= 0.6 is 0 Å². The largest absolute Gasteiger partial charge is 0.460 e. The Kier molecular flexibility index (Phi) is 7.75. The average Bonchev–Trinajstić information content (AvgIpc) is 3.16. The summed E-state index contributed by atoms with van der Waals surface area (Å²) in [5.41, 5.74) is 0.933. The van der Waals surface area contributed by atoms with Crippen molar-refractivity contribution in [2.45, 2.75) is 91.1 Å². The van der Waals surface area contributed by atoms with Crippen LogP contribution in [-0.4, -0.2) is 37.0 Å². The molecule has 1 saturated heterocycles. The first-order valence-corrected chi connectivity index (χ1v) is 8.74. The lowest BCUT2D eigenvalue weighted by atomic mass is 9.93. The smallest absolute Gasteiger partial charge is 0.331 e. The molecule has 0 aromatic heterocycles. The van der Waals surface area contributed by atoms with Crippen molar-refractivity contribution in [3.05, 3.63) is 11.6 Å². The Hall–Kier alpha value is -0.870. The Labute approximate surface area is 141 Å². The zero-order chi connectivity index (χ0) is 17.6. The summed E-state index contributed by atoms with van der Waals surface area (Å²) in [6.45, 7) is 12.2. The van der Waals surface area contributed by atoms with Gasteiger partial charge in [0.1, 0.15) is 6.10 Å². The summed E-state index contributed by atoms with van der Waals surface area (Å²) in [6, 6.07) is 0. The molecule has 1 unspecified atom stereocenters. The Bertz CT molecular complexity index is 412. The van der Waals surface area contributed by atoms with Gasteiger partial charge in [0, 0.05) is 13.2 Å². The molecule has 0 radical (unpaired) electrons. The number of esters is 1. The van der Waals surface area contributed by atoms with Crippen LogP contribution in [0.1, 0.15) is 67.2 Å². The minimum absolute atomic E-state index is 0.0333. The molecule has 0 spiro atoms. The topological polar surface area (TPSA) is 48.1 Å². The number of methoxy groups -OCH3 is 1. The van der Waals surface area contributed by atoms with Gasteiger partial charge in [0.15, 0.2) is 0 Å². The van der Waals surface area contributed by atoms with E-state index in [4.69, 9.17) is 14.2 Å². The van der Waals surface area contributed by atoms with Crippen LogP contribution < -0.4 is 0 Å². The first-order valence-electron chi connectivity index (χ1n) is 8.74. The normalized spacial score (nSPS) is 23.0. The molecule has 0 aromatic rings. The first-order chi connectivity index (χ1) is 10.6. The monoisotopic (exact) mass is 326 g/mol. The molecule has 0 bridgehead atoms. The average molecular weight is 326 g/mol. The van der Waals surface area contributed by atoms with Crippen LogP contribution in [0.15, 0.2) is 11.6 Å². The van der Waals surface area contributed by atoms with E-state index < -0.39 is 0 Å². The van der Waals surface area contributed by atoms with Crippen molar-refractivity contribution in [1.29, 1.82) is 0 Å². The van der Waals surface area contributed by atoms with Crippen LogP contribution in [0, 0.1) is 5.92 Å². The summed E-state index contributed by atoms with van der Waals surface area (Å²) < 4.78 is 16.3. The molecule has 1 aliphatic rings. The van der Waals surface area contributed by atoms with Crippen molar-refractivity contribution < 1.29 is 19.0 Å². The van der Waals surface area contributed by atoms with Gasteiger partial charge in [-0.05, 0) is 59.0 Å². The molecule has 1 fully saturated rings. The van der Waals surface area contributed by atoms with E-state index in [0.29, 0.717) is 5.92 Å². The van der Waals surface area contributed by atoms with E-state index in [0.717, 1.165) is 24.8 Å². The highest BCUT2D eigenvalue weighted by atomic mass is 16.6. The number of hydrogen-bond donors (Lipinski definition) is 0. The van der Waals surface area contributed by atoms with E-state index in [2.05, 4.69) is 20.8 Å². The van der Waals surface area contributed by atoms with Crippen molar-refractivity contribution in [3.63, 3.8) is 0 Å². The molecule has 3 atom stereocenters. The van der Waals surface area contributed by atoms with Crippen LogP contribution in [0.5, 0.6) is 0 Å². The summed E-state index contributed by atoms with van der Waals surface area (Å²) in [5, 5.41) is 0. The number of carbonyl (C=O) groups is 1.